The molecule has 0 spiro atoms. The van der Waals surface area contributed by atoms with Gasteiger partial charge >= 0.3 is 12.1 Å². The number of nitro groups is 1. The number of aliphatic carboxylic acids is 1. The first kappa shape index (κ1) is 18.6. The van der Waals surface area contributed by atoms with Crippen molar-refractivity contribution in [2.45, 2.75) is 25.3 Å². The third-order valence-corrected chi connectivity index (χ3v) is 3.58. The number of carboxylic acid groups (broad SMARTS) is 1. The minimum atomic E-state index is -4.80. The third kappa shape index (κ3) is 4.05. The highest BCUT2D eigenvalue weighted by atomic mass is 19.4. The SMILES string of the molecule is C[C@@H]1CN(C(=O)c2ccc(C(F)(F)F)cc2[N+](=O)[O-])CC(C(=O)O)O1. The van der Waals surface area contributed by atoms with Gasteiger partial charge in [-0.1, -0.05) is 0 Å². The molecule has 1 heterocycles. The molecule has 1 aliphatic heterocycles. The Morgan fingerprint density at radius 1 is 1.36 bits per heavy atom. The van der Waals surface area contributed by atoms with E-state index in [0.29, 0.717) is 6.07 Å². The van der Waals surface area contributed by atoms with Gasteiger partial charge in [-0.3, -0.25) is 14.9 Å². The Morgan fingerprint density at radius 2 is 2.00 bits per heavy atom. The summed E-state index contributed by atoms with van der Waals surface area (Å²) in [5.41, 5.74) is -2.79. The molecule has 2 atom stereocenters. The number of ether oxygens (including phenoxy) is 1. The van der Waals surface area contributed by atoms with Crippen molar-refractivity contribution in [1.29, 1.82) is 0 Å². The highest BCUT2D eigenvalue weighted by molar-refractivity contribution is 5.98. The van der Waals surface area contributed by atoms with Gasteiger partial charge in [-0.05, 0) is 19.1 Å². The summed E-state index contributed by atoms with van der Waals surface area (Å²) in [6.07, 6.45) is -6.76. The fraction of sp³-hybridized carbons (Fsp3) is 0.429. The van der Waals surface area contributed by atoms with E-state index in [1.807, 2.05) is 0 Å². The van der Waals surface area contributed by atoms with E-state index in [4.69, 9.17) is 9.84 Å². The minimum Gasteiger partial charge on any atom is -0.479 e. The van der Waals surface area contributed by atoms with Crippen LogP contribution in [0, 0.1) is 10.1 Å². The van der Waals surface area contributed by atoms with Gasteiger partial charge in [0.05, 0.1) is 23.1 Å². The second-order valence-electron chi connectivity index (χ2n) is 5.47. The summed E-state index contributed by atoms with van der Waals surface area (Å²) >= 11 is 0. The number of halogens is 3. The molecule has 25 heavy (non-hydrogen) atoms. The average Bonchev–Trinajstić information content (AvgIpc) is 2.52. The molecular weight excluding hydrogens is 349 g/mol. The molecule has 136 valence electrons. The summed E-state index contributed by atoms with van der Waals surface area (Å²) in [6, 6.07) is 1.57. The molecule has 1 aliphatic rings. The molecule has 1 aromatic rings. The Labute approximate surface area is 138 Å². The molecule has 1 aromatic carbocycles. The van der Waals surface area contributed by atoms with Gasteiger partial charge in [0, 0.05) is 12.6 Å². The maximum atomic E-state index is 12.7. The van der Waals surface area contributed by atoms with Gasteiger partial charge in [0.15, 0.2) is 6.10 Å². The fourth-order valence-electron chi connectivity index (χ4n) is 2.46. The van der Waals surface area contributed by atoms with Crippen LogP contribution in [0.4, 0.5) is 18.9 Å². The number of hydrogen-bond acceptors (Lipinski definition) is 5. The highest BCUT2D eigenvalue weighted by Crippen LogP contribution is 2.33. The maximum Gasteiger partial charge on any atom is 0.416 e. The summed E-state index contributed by atoms with van der Waals surface area (Å²) in [4.78, 5) is 34.5. The minimum absolute atomic E-state index is 0.0409. The number of carbonyl (C=O) groups is 2. The largest absolute Gasteiger partial charge is 0.479 e. The van der Waals surface area contributed by atoms with Crippen molar-refractivity contribution in [2.24, 2.45) is 0 Å². The predicted octanol–water partition coefficient (Wildman–Crippen LogP) is 1.93. The van der Waals surface area contributed by atoms with Crippen molar-refractivity contribution in [3.8, 4) is 0 Å². The smallest absolute Gasteiger partial charge is 0.416 e. The molecule has 1 amide bonds. The lowest BCUT2D eigenvalue weighted by atomic mass is 10.1. The maximum absolute atomic E-state index is 12.7. The van der Waals surface area contributed by atoms with Crippen LogP contribution in [0.2, 0.25) is 0 Å². The average molecular weight is 362 g/mol. The van der Waals surface area contributed by atoms with Crippen molar-refractivity contribution < 1.29 is 37.5 Å². The number of amides is 1. The van der Waals surface area contributed by atoms with Crippen LogP contribution in [-0.4, -0.2) is 52.1 Å². The lowest BCUT2D eigenvalue weighted by Crippen LogP contribution is -2.51. The van der Waals surface area contributed by atoms with Crippen molar-refractivity contribution in [2.75, 3.05) is 13.1 Å². The van der Waals surface area contributed by atoms with Crippen LogP contribution in [0.1, 0.15) is 22.8 Å². The van der Waals surface area contributed by atoms with Crippen molar-refractivity contribution >= 4 is 17.6 Å². The lowest BCUT2D eigenvalue weighted by molar-refractivity contribution is -0.385. The Bertz CT molecular complexity index is 721. The molecule has 8 nitrogen and oxygen atoms in total. The van der Waals surface area contributed by atoms with Crippen LogP contribution in [0.25, 0.3) is 0 Å². The van der Waals surface area contributed by atoms with Gasteiger partial charge in [-0.2, -0.15) is 13.2 Å². The first-order valence-corrected chi connectivity index (χ1v) is 7.04. The van der Waals surface area contributed by atoms with Crippen LogP contribution in [0.3, 0.4) is 0 Å². The molecule has 2 rings (SSSR count). The zero-order chi connectivity index (χ0) is 18.9. The molecule has 0 aliphatic carbocycles. The lowest BCUT2D eigenvalue weighted by Gasteiger charge is -2.34. The molecular formula is C14H13F3N2O6. The van der Waals surface area contributed by atoms with Crippen LogP contribution in [0.5, 0.6) is 0 Å². The van der Waals surface area contributed by atoms with Crippen molar-refractivity contribution in [1.82, 2.24) is 4.90 Å². The number of hydrogen-bond donors (Lipinski definition) is 1. The summed E-state index contributed by atoms with van der Waals surface area (Å²) in [5, 5.41) is 20.1. The number of nitro benzene ring substituents is 1. The summed E-state index contributed by atoms with van der Waals surface area (Å²) < 4.78 is 43.3. The number of rotatable bonds is 3. The number of nitrogens with zero attached hydrogens (tertiary/aromatic N) is 2. The van der Waals surface area contributed by atoms with E-state index in [9.17, 15) is 32.9 Å². The Balaban J connectivity index is 2.38. The van der Waals surface area contributed by atoms with Crippen molar-refractivity contribution in [3.05, 3.63) is 39.4 Å². The monoisotopic (exact) mass is 362 g/mol. The normalized spacial score (nSPS) is 21.0. The molecule has 1 N–H and O–H groups in total. The van der Waals surface area contributed by atoms with Crippen LogP contribution in [0.15, 0.2) is 18.2 Å². The molecule has 11 heteroatoms. The number of benzene rings is 1. The summed E-state index contributed by atoms with van der Waals surface area (Å²) in [6.45, 7) is 1.11. The molecule has 1 unspecified atom stereocenters. The van der Waals surface area contributed by atoms with E-state index in [1.54, 1.807) is 0 Å². The van der Waals surface area contributed by atoms with Gasteiger partial charge < -0.3 is 14.7 Å². The number of morpholine rings is 1. The van der Waals surface area contributed by atoms with Crippen LogP contribution < -0.4 is 0 Å². The molecule has 0 radical (unpaired) electrons. The van der Waals surface area contributed by atoms with E-state index < -0.39 is 52.0 Å². The van der Waals surface area contributed by atoms with Gasteiger partial charge in [-0.15, -0.1) is 0 Å². The summed E-state index contributed by atoms with van der Waals surface area (Å²) in [7, 11) is 0. The fourth-order valence-corrected chi connectivity index (χ4v) is 2.46. The second-order valence-corrected chi connectivity index (χ2v) is 5.47. The van der Waals surface area contributed by atoms with Gasteiger partial charge in [0.2, 0.25) is 0 Å². The van der Waals surface area contributed by atoms with Gasteiger partial charge in [-0.25, -0.2) is 4.79 Å². The summed E-state index contributed by atoms with van der Waals surface area (Å²) in [5.74, 6) is -2.24. The predicted molar refractivity (Wildman–Crippen MR) is 76.0 cm³/mol. The van der Waals surface area contributed by atoms with E-state index in [2.05, 4.69) is 0 Å². The zero-order valence-electron chi connectivity index (χ0n) is 12.8. The highest BCUT2D eigenvalue weighted by Gasteiger charge is 2.37. The van der Waals surface area contributed by atoms with Crippen LogP contribution >= 0.6 is 0 Å². The number of alkyl halides is 3. The Morgan fingerprint density at radius 3 is 2.52 bits per heavy atom. The van der Waals surface area contributed by atoms with E-state index in [0.717, 1.165) is 11.0 Å². The van der Waals surface area contributed by atoms with E-state index in [-0.39, 0.29) is 19.2 Å². The number of carboxylic acids is 1. The molecule has 0 saturated carbocycles. The molecule has 1 saturated heterocycles. The van der Waals surface area contributed by atoms with Gasteiger partial charge in [0.1, 0.15) is 5.56 Å². The van der Waals surface area contributed by atoms with Gasteiger partial charge in [0.25, 0.3) is 11.6 Å². The first-order chi connectivity index (χ1) is 11.5. The topological polar surface area (TPSA) is 110 Å². The standard InChI is InChI=1S/C14H13F3N2O6/c1-7-5-18(6-11(25-7)13(21)22)12(20)9-3-2-8(14(15,16)17)4-10(9)19(23)24/h2-4,7,11H,5-6H2,1H3,(H,21,22)/t7-,11?/m1/s1. The van der Waals surface area contributed by atoms with E-state index >= 15 is 0 Å². The third-order valence-electron chi connectivity index (χ3n) is 3.58. The zero-order valence-corrected chi connectivity index (χ0v) is 12.8. The number of carbonyl (C=O) groups excluding carboxylic acids is 1. The first-order valence-electron chi connectivity index (χ1n) is 7.04. The van der Waals surface area contributed by atoms with E-state index in [1.165, 1.54) is 6.92 Å². The molecule has 1 fully saturated rings. The van der Waals surface area contributed by atoms with Crippen molar-refractivity contribution in [3.63, 3.8) is 0 Å². The quantitative estimate of drug-likeness (QED) is 0.650. The second kappa shape index (κ2) is 6.67. The Hall–Kier alpha value is -2.69. The van der Waals surface area contributed by atoms with Crippen LogP contribution in [-0.2, 0) is 15.7 Å². The molecule has 0 bridgehead atoms. The molecule has 0 aromatic heterocycles. The Kier molecular flexibility index (Phi) is 4.97.